The van der Waals surface area contributed by atoms with E-state index < -0.39 is 5.97 Å². The van der Waals surface area contributed by atoms with Crippen LogP contribution in [0.5, 0.6) is 0 Å². The van der Waals surface area contributed by atoms with Crippen molar-refractivity contribution in [1.29, 1.82) is 5.26 Å². The zero-order valence-corrected chi connectivity index (χ0v) is 11.5. The lowest BCUT2D eigenvalue weighted by molar-refractivity contribution is -0.141. The SMILES string of the molecule is CC1C(C(=O)O)CCN1c1cc(Br)ccc1C#N. The van der Waals surface area contributed by atoms with Gasteiger partial charge in [-0.05, 0) is 31.5 Å². The Morgan fingerprint density at radius 1 is 1.61 bits per heavy atom. The molecule has 2 atom stereocenters. The number of carboxylic acids is 1. The van der Waals surface area contributed by atoms with Crippen molar-refractivity contribution in [3.63, 3.8) is 0 Å². The topological polar surface area (TPSA) is 64.3 Å². The molecule has 1 aromatic carbocycles. The molecular formula is C13H13BrN2O2. The maximum atomic E-state index is 11.1. The van der Waals surface area contributed by atoms with Gasteiger partial charge in [0, 0.05) is 17.1 Å². The third-order valence-electron chi connectivity index (χ3n) is 3.46. The summed E-state index contributed by atoms with van der Waals surface area (Å²) in [4.78, 5) is 13.1. The van der Waals surface area contributed by atoms with E-state index in [4.69, 9.17) is 10.4 Å². The Balaban J connectivity index is 2.36. The fraction of sp³-hybridized carbons (Fsp3) is 0.385. The van der Waals surface area contributed by atoms with E-state index in [0.29, 0.717) is 18.5 Å². The third-order valence-corrected chi connectivity index (χ3v) is 3.96. The van der Waals surface area contributed by atoms with Gasteiger partial charge in [0.1, 0.15) is 6.07 Å². The number of aliphatic carboxylic acids is 1. The maximum absolute atomic E-state index is 11.1. The molecule has 1 aromatic rings. The van der Waals surface area contributed by atoms with Crippen LogP contribution in [0.2, 0.25) is 0 Å². The summed E-state index contributed by atoms with van der Waals surface area (Å²) in [6, 6.07) is 7.50. The zero-order chi connectivity index (χ0) is 13.3. The number of benzene rings is 1. The first-order chi connectivity index (χ1) is 8.54. The predicted molar refractivity (Wildman–Crippen MR) is 71.4 cm³/mol. The summed E-state index contributed by atoms with van der Waals surface area (Å²) in [6.45, 7) is 2.57. The normalized spacial score (nSPS) is 22.8. The molecule has 1 aliphatic heterocycles. The Bertz CT molecular complexity index is 524. The zero-order valence-electron chi connectivity index (χ0n) is 9.93. The lowest BCUT2D eigenvalue weighted by Gasteiger charge is -2.26. The van der Waals surface area contributed by atoms with Crippen LogP contribution in [0.25, 0.3) is 0 Å². The summed E-state index contributed by atoms with van der Waals surface area (Å²) < 4.78 is 0.891. The molecule has 0 aromatic heterocycles. The van der Waals surface area contributed by atoms with Crippen LogP contribution < -0.4 is 4.90 Å². The predicted octanol–water partition coefficient (Wildman–Crippen LogP) is 2.62. The highest BCUT2D eigenvalue weighted by Crippen LogP contribution is 2.33. The van der Waals surface area contributed by atoms with E-state index in [9.17, 15) is 4.79 Å². The Hall–Kier alpha value is -1.54. The summed E-state index contributed by atoms with van der Waals surface area (Å²) in [6.07, 6.45) is 0.619. The minimum atomic E-state index is -0.765. The number of nitriles is 1. The smallest absolute Gasteiger partial charge is 0.308 e. The number of carboxylic acid groups (broad SMARTS) is 1. The van der Waals surface area contributed by atoms with Crippen LogP contribution in [0.1, 0.15) is 18.9 Å². The summed E-state index contributed by atoms with van der Waals surface area (Å²) >= 11 is 3.38. The highest BCUT2D eigenvalue weighted by Gasteiger charge is 2.36. The quantitative estimate of drug-likeness (QED) is 0.912. The number of halogens is 1. The molecule has 4 nitrogen and oxygen atoms in total. The van der Waals surface area contributed by atoms with Gasteiger partial charge in [-0.1, -0.05) is 15.9 Å². The van der Waals surface area contributed by atoms with Crippen LogP contribution in [-0.2, 0) is 4.79 Å². The molecule has 1 saturated heterocycles. The van der Waals surface area contributed by atoms with Gasteiger partial charge < -0.3 is 10.0 Å². The van der Waals surface area contributed by atoms with Gasteiger partial charge in [0.2, 0.25) is 0 Å². The molecule has 1 N–H and O–H groups in total. The summed E-state index contributed by atoms with van der Waals surface area (Å²) in [7, 11) is 0. The molecule has 1 fully saturated rings. The first kappa shape index (κ1) is 12.9. The number of anilines is 1. The van der Waals surface area contributed by atoms with Crippen molar-refractivity contribution in [2.24, 2.45) is 5.92 Å². The van der Waals surface area contributed by atoms with Crippen molar-refractivity contribution in [2.45, 2.75) is 19.4 Å². The average molecular weight is 309 g/mol. The molecule has 2 rings (SSSR count). The van der Waals surface area contributed by atoms with E-state index in [2.05, 4.69) is 22.0 Å². The fourth-order valence-corrected chi connectivity index (χ4v) is 2.80. The van der Waals surface area contributed by atoms with E-state index in [1.165, 1.54) is 0 Å². The van der Waals surface area contributed by atoms with Gasteiger partial charge in [0.15, 0.2) is 0 Å². The maximum Gasteiger partial charge on any atom is 0.308 e. The molecule has 0 saturated carbocycles. The second kappa shape index (κ2) is 4.99. The number of hydrogen-bond acceptors (Lipinski definition) is 3. The molecule has 0 spiro atoms. The van der Waals surface area contributed by atoms with E-state index in [0.717, 1.165) is 10.2 Å². The molecule has 0 radical (unpaired) electrons. The molecule has 1 aliphatic rings. The lowest BCUT2D eigenvalue weighted by atomic mass is 10.0. The van der Waals surface area contributed by atoms with Gasteiger partial charge in [-0.25, -0.2) is 0 Å². The van der Waals surface area contributed by atoms with Gasteiger partial charge in [-0.3, -0.25) is 4.79 Å². The van der Waals surface area contributed by atoms with Gasteiger partial charge in [-0.2, -0.15) is 5.26 Å². The Labute approximate surface area is 114 Å². The average Bonchev–Trinajstić information content (AvgIpc) is 2.71. The largest absolute Gasteiger partial charge is 0.481 e. The van der Waals surface area contributed by atoms with Crippen molar-refractivity contribution in [3.05, 3.63) is 28.2 Å². The summed E-state index contributed by atoms with van der Waals surface area (Å²) in [5.41, 5.74) is 1.39. The van der Waals surface area contributed by atoms with Crippen molar-refractivity contribution < 1.29 is 9.90 Å². The van der Waals surface area contributed by atoms with Gasteiger partial charge >= 0.3 is 5.97 Å². The summed E-state index contributed by atoms with van der Waals surface area (Å²) in [5, 5.41) is 18.3. The molecular weight excluding hydrogens is 296 g/mol. The van der Waals surface area contributed by atoms with Crippen LogP contribution >= 0.6 is 15.9 Å². The van der Waals surface area contributed by atoms with Crippen LogP contribution in [0.15, 0.2) is 22.7 Å². The van der Waals surface area contributed by atoms with Crippen LogP contribution in [0.3, 0.4) is 0 Å². The van der Waals surface area contributed by atoms with Crippen LogP contribution in [0.4, 0.5) is 5.69 Å². The third kappa shape index (κ3) is 2.21. The second-order valence-corrected chi connectivity index (χ2v) is 5.36. The number of carbonyl (C=O) groups is 1. The first-order valence-electron chi connectivity index (χ1n) is 5.73. The van der Waals surface area contributed by atoms with E-state index in [-0.39, 0.29) is 12.0 Å². The molecule has 1 heterocycles. The number of hydrogen-bond donors (Lipinski definition) is 1. The monoisotopic (exact) mass is 308 g/mol. The van der Waals surface area contributed by atoms with Crippen LogP contribution in [-0.4, -0.2) is 23.7 Å². The van der Waals surface area contributed by atoms with Crippen molar-refractivity contribution in [2.75, 3.05) is 11.4 Å². The van der Waals surface area contributed by atoms with Crippen LogP contribution in [0, 0.1) is 17.2 Å². The molecule has 0 amide bonds. The summed E-state index contributed by atoms with van der Waals surface area (Å²) in [5.74, 6) is -1.13. The Morgan fingerprint density at radius 2 is 2.33 bits per heavy atom. The molecule has 0 bridgehead atoms. The van der Waals surface area contributed by atoms with Crippen molar-refractivity contribution >= 4 is 27.6 Å². The second-order valence-electron chi connectivity index (χ2n) is 4.44. The molecule has 5 heteroatoms. The minimum Gasteiger partial charge on any atom is -0.481 e. The van der Waals surface area contributed by atoms with E-state index >= 15 is 0 Å². The lowest BCUT2D eigenvalue weighted by Crippen LogP contribution is -2.33. The van der Waals surface area contributed by atoms with Gasteiger partial charge in [-0.15, -0.1) is 0 Å². The first-order valence-corrected chi connectivity index (χ1v) is 6.53. The fourth-order valence-electron chi connectivity index (χ4n) is 2.45. The molecule has 0 aliphatic carbocycles. The standard InChI is InChI=1S/C13H13BrN2O2/c1-8-11(13(17)18)4-5-16(8)12-6-10(14)3-2-9(12)7-15/h2-3,6,8,11H,4-5H2,1H3,(H,17,18). The van der Waals surface area contributed by atoms with Gasteiger partial charge in [0.05, 0.1) is 17.2 Å². The number of nitrogens with zero attached hydrogens (tertiary/aromatic N) is 2. The Morgan fingerprint density at radius 3 is 2.89 bits per heavy atom. The molecule has 2 unspecified atom stereocenters. The number of rotatable bonds is 2. The Kier molecular flexibility index (Phi) is 3.58. The highest BCUT2D eigenvalue weighted by atomic mass is 79.9. The highest BCUT2D eigenvalue weighted by molar-refractivity contribution is 9.10. The minimum absolute atomic E-state index is 0.0936. The van der Waals surface area contributed by atoms with E-state index in [1.807, 2.05) is 24.0 Å². The van der Waals surface area contributed by atoms with Gasteiger partial charge in [0.25, 0.3) is 0 Å². The van der Waals surface area contributed by atoms with Crippen molar-refractivity contribution in [1.82, 2.24) is 0 Å². The molecule has 94 valence electrons. The van der Waals surface area contributed by atoms with Crippen molar-refractivity contribution in [3.8, 4) is 6.07 Å². The molecule has 18 heavy (non-hydrogen) atoms. The van der Waals surface area contributed by atoms with E-state index in [1.54, 1.807) is 6.07 Å².